The van der Waals surface area contributed by atoms with Gasteiger partial charge in [-0.05, 0) is 49.4 Å². The highest BCUT2D eigenvalue weighted by Crippen LogP contribution is 2.34. The molecule has 0 radical (unpaired) electrons. The number of rotatable bonds is 8. The molecule has 0 aliphatic rings. The van der Waals surface area contributed by atoms with Gasteiger partial charge in [0.15, 0.2) is 0 Å². The van der Waals surface area contributed by atoms with Crippen LogP contribution in [0, 0.1) is 6.92 Å². The van der Waals surface area contributed by atoms with E-state index in [0.717, 1.165) is 42.4 Å². The molecular weight excluding hydrogens is 250 g/mol. The normalized spacial score (nSPS) is 13.5. The van der Waals surface area contributed by atoms with Crippen molar-refractivity contribution in [3.8, 4) is 0 Å². The van der Waals surface area contributed by atoms with E-state index in [1.165, 1.54) is 0 Å². The second-order valence-electron chi connectivity index (χ2n) is 5.70. The molecule has 0 aromatic heterocycles. The molecule has 1 aromatic rings. The summed E-state index contributed by atoms with van der Waals surface area (Å²) in [7, 11) is 0. The molecule has 3 heteroatoms. The van der Waals surface area contributed by atoms with Crippen molar-refractivity contribution in [2.45, 2.75) is 64.6 Å². The lowest BCUT2D eigenvalue weighted by molar-refractivity contribution is 0.0167. The molecule has 0 amide bonds. The molecule has 0 bridgehead atoms. The first kappa shape index (κ1) is 17.2. The summed E-state index contributed by atoms with van der Waals surface area (Å²) < 4.78 is 0. The Morgan fingerprint density at radius 2 is 1.80 bits per heavy atom. The van der Waals surface area contributed by atoms with E-state index in [0.29, 0.717) is 13.0 Å². The lowest BCUT2D eigenvalue weighted by atomic mass is 9.83. The van der Waals surface area contributed by atoms with Crippen LogP contribution in [0.25, 0.3) is 0 Å². The Morgan fingerprint density at radius 1 is 1.20 bits per heavy atom. The van der Waals surface area contributed by atoms with E-state index in [1.54, 1.807) is 0 Å². The fraction of sp³-hybridized carbons (Fsp3) is 0.647. The molecule has 0 spiro atoms. The summed E-state index contributed by atoms with van der Waals surface area (Å²) in [6.07, 6.45) is 3.36. The predicted octanol–water partition coefficient (Wildman–Crippen LogP) is 3.17. The summed E-state index contributed by atoms with van der Waals surface area (Å²) in [6, 6.07) is 5.93. The summed E-state index contributed by atoms with van der Waals surface area (Å²) in [5.41, 5.74) is 7.59. The van der Waals surface area contributed by atoms with Gasteiger partial charge in [0, 0.05) is 0 Å². The van der Waals surface area contributed by atoms with Crippen LogP contribution in [-0.2, 0) is 5.60 Å². The minimum Gasteiger partial charge on any atom is -0.388 e. The zero-order chi connectivity index (χ0) is 15.2. The average Bonchev–Trinajstić information content (AvgIpc) is 2.39. The van der Waals surface area contributed by atoms with Gasteiger partial charge in [-0.2, -0.15) is 0 Å². The molecular formula is C17H29NO2. The third kappa shape index (κ3) is 4.05. The van der Waals surface area contributed by atoms with Gasteiger partial charge in [0.2, 0.25) is 0 Å². The summed E-state index contributed by atoms with van der Waals surface area (Å²) in [5.74, 6) is 0. The Morgan fingerprint density at radius 3 is 2.30 bits per heavy atom. The van der Waals surface area contributed by atoms with Crippen LogP contribution in [0.5, 0.6) is 0 Å². The third-order valence-corrected chi connectivity index (χ3v) is 3.94. The van der Waals surface area contributed by atoms with Crippen molar-refractivity contribution in [1.82, 2.24) is 0 Å². The van der Waals surface area contributed by atoms with E-state index in [9.17, 15) is 10.2 Å². The number of aliphatic hydroxyl groups excluding tert-OH is 1. The highest BCUT2D eigenvalue weighted by molar-refractivity contribution is 5.35. The van der Waals surface area contributed by atoms with Gasteiger partial charge >= 0.3 is 0 Å². The molecule has 1 atom stereocenters. The number of hydrogen-bond acceptors (Lipinski definition) is 3. The highest BCUT2D eigenvalue weighted by atomic mass is 16.3. The van der Waals surface area contributed by atoms with Crippen molar-refractivity contribution in [2.75, 3.05) is 6.54 Å². The minimum atomic E-state index is -0.783. The Kier molecular flexibility index (Phi) is 6.66. The molecule has 1 aromatic carbocycles. The number of nitrogens with two attached hydrogens (primary N) is 1. The Balaban J connectivity index is 3.14. The van der Waals surface area contributed by atoms with E-state index in [-0.39, 0.29) is 0 Å². The molecule has 4 N–H and O–H groups in total. The van der Waals surface area contributed by atoms with Gasteiger partial charge in [-0.15, -0.1) is 0 Å². The fourth-order valence-electron chi connectivity index (χ4n) is 2.84. The van der Waals surface area contributed by atoms with Gasteiger partial charge in [0.05, 0.1) is 11.7 Å². The van der Waals surface area contributed by atoms with Crippen molar-refractivity contribution in [3.63, 3.8) is 0 Å². The van der Waals surface area contributed by atoms with E-state index in [2.05, 4.69) is 13.8 Å². The van der Waals surface area contributed by atoms with Gasteiger partial charge in [-0.25, -0.2) is 0 Å². The predicted molar refractivity (Wildman–Crippen MR) is 83.5 cm³/mol. The van der Waals surface area contributed by atoms with Crippen LogP contribution in [0.1, 0.15) is 68.7 Å². The first-order valence-electron chi connectivity index (χ1n) is 7.70. The number of aliphatic hydroxyl groups is 2. The highest BCUT2D eigenvalue weighted by Gasteiger charge is 2.28. The molecule has 1 unspecified atom stereocenters. The monoisotopic (exact) mass is 279 g/mol. The van der Waals surface area contributed by atoms with Crippen molar-refractivity contribution >= 4 is 0 Å². The zero-order valence-corrected chi connectivity index (χ0v) is 13.0. The van der Waals surface area contributed by atoms with Crippen molar-refractivity contribution < 1.29 is 10.2 Å². The Labute approximate surface area is 122 Å². The second-order valence-corrected chi connectivity index (χ2v) is 5.70. The molecule has 1 rings (SSSR count). The molecule has 3 nitrogen and oxygen atoms in total. The molecule has 0 fully saturated rings. The van der Waals surface area contributed by atoms with Crippen molar-refractivity contribution in [2.24, 2.45) is 5.73 Å². The number of hydrogen-bond donors (Lipinski definition) is 3. The van der Waals surface area contributed by atoms with E-state index < -0.39 is 11.7 Å². The largest absolute Gasteiger partial charge is 0.388 e. The summed E-state index contributed by atoms with van der Waals surface area (Å²) in [4.78, 5) is 0. The van der Waals surface area contributed by atoms with Crippen LogP contribution in [0.4, 0.5) is 0 Å². The van der Waals surface area contributed by atoms with E-state index >= 15 is 0 Å². The van der Waals surface area contributed by atoms with Gasteiger partial charge in [0.25, 0.3) is 0 Å². The maximum absolute atomic E-state index is 10.9. The topological polar surface area (TPSA) is 66.5 Å². The lowest BCUT2D eigenvalue weighted by Crippen LogP contribution is -2.25. The Bertz CT molecular complexity index is 411. The maximum atomic E-state index is 10.9. The Hall–Kier alpha value is -0.900. The van der Waals surface area contributed by atoms with Crippen LogP contribution in [-0.4, -0.2) is 16.8 Å². The van der Waals surface area contributed by atoms with Gasteiger partial charge in [0.1, 0.15) is 0 Å². The SMILES string of the molecule is CCCC(O)(CCC)c1ccc(C)c(C(O)CCN)c1. The molecule has 0 aliphatic heterocycles. The lowest BCUT2D eigenvalue weighted by Gasteiger charge is -2.29. The third-order valence-electron chi connectivity index (χ3n) is 3.94. The molecule has 20 heavy (non-hydrogen) atoms. The first-order chi connectivity index (χ1) is 9.48. The van der Waals surface area contributed by atoms with Crippen molar-refractivity contribution in [1.29, 1.82) is 0 Å². The zero-order valence-electron chi connectivity index (χ0n) is 13.0. The summed E-state index contributed by atoms with van der Waals surface area (Å²) >= 11 is 0. The quantitative estimate of drug-likeness (QED) is 0.684. The number of benzene rings is 1. The maximum Gasteiger partial charge on any atom is 0.0896 e. The van der Waals surface area contributed by atoms with Crippen LogP contribution < -0.4 is 5.73 Å². The van der Waals surface area contributed by atoms with Crippen LogP contribution >= 0.6 is 0 Å². The second kappa shape index (κ2) is 7.77. The van der Waals surface area contributed by atoms with Crippen LogP contribution in [0.15, 0.2) is 18.2 Å². The average molecular weight is 279 g/mol. The van der Waals surface area contributed by atoms with E-state index in [1.807, 2.05) is 25.1 Å². The minimum absolute atomic E-state index is 0.457. The van der Waals surface area contributed by atoms with Gasteiger partial charge in [-0.1, -0.05) is 44.9 Å². The summed E-state index contributed by atoms with van der Waals surface area (Å²) in [5, 5.41) is 21.1. The van der Waals surface area contributed by atoms with Gasteiger partial charge < -0.3 is 15.9 Å². The molecule has 114 valence electrons. The molecule has 0 heterocycles. The molecule has 0 aliphatic carbocycles. The van der Waals surface area contributed by atoms with E-state index in [4.69, 9.17) is 5.73 Å². The smallest absolute Gasteiger partial charge is 0.0896 e. The molecule has 0 saturated carbocycles. The fourth-order valence-corrected chi connectivity index (χ4v) is 2.84. The summed E-state index contributed by atoms with van der Waals surface area (Å²) in [6.45, 7) is 6.61. The first-order valence-corrected chi connectivity index (χ1v) is 7.70. The molecule has 0 saturated heterocycles. The standard InChI is InChI=1S/C17H29NO2/c1-4-9-17(20,10-5-2)14-7-6-13(3)15(12-14)16(19)8-11-18/h6-7,12,16,19-20H,4-5,8-11,18H2,1-3H3. The number of aryl methyl sites for hydroxylation is 1. The van der Waals surface area contributed by atoms with Crippen molar-refractivity contribution in [3.05, 3.63) is 34.9 Å². The van der Waals surface area contributed by atoms with Crippen LogP contribution in [0.3, 0.4) is 0 Å². The van der Waals surface area contributed by atoms with Crippen LogP contribution in [0.2, 0.25) is 0 Å². The van der Waals surface area contributed by atoms with Gasteiger partial charge in [-0.3, -0.25) is 0 Å².